The quantitative estimate of drug-likeness (QED) is 0.491. The van der Waals surface area contributed by atoms with Crippen molar-refractivity contribution in [3.8, 4) is 11.4 Å². The molecule has 22 heavy (non-hydrogen) atoms. The average molecular weight is 311 g/mol. The highest BCUT2D eigenvalue weighted by molar-refractivity contribution is 7.99. The lowest BCUT2D eigenvalue weighted by Crippen LogP contribution is -2.00. The number of hydrogen-bond acceptors (Lipinski definition) is 4. The Labute approximate surface area is 134 Å². The number of thioether (sulfide) groups is 1. The van der Waals surface area contributed by atoms with Gasteiger partial charge in [0.25, 0.3) is 0 Å². The monoisotopic (exact) mass is 311 g/mol. The maximum Gasteiger partial charge on any atom is 0.195 e. The van der Waals surface area contributed by atoms with Gasteiger partial charge in [-0.1, -0.05) is 48.2 Å². The third-order valence-electron chi connectivity index (χ3n) is 3.08. The Morgan fingerprint density at radius 3 is 2.45 bits per heavy atom. The second kappa shape index (κ2) is 7.66. The van der Waals surface area contributed by atoms with E-state index in [-0.39, 0.29) is 0 Å². The van der Waals surface area contributed by atoms with Crippen LogP contribution in [0.3, 0.4) is 0 Å². The van der Waals surface area contributed by atoms with Crippen molar-refractivity contribution < 1.29 is 4.74 Å². The van der Waals surface area contributed by atoms with Crippen LogP contribution in [0.25, 0.3) is 5.69 Å². The topological polar surface area (TPSA) is 39.9 Å². The molecule has 5 heteroatoms. The van der Waals surface area contributed by atoms with Gasteiger partial charge < -0.3 is 4.74 Å². The molecule has 3 aromatic rings. The molecule has 0 radical (unpaired) electrons. The largest absolute Gasteiger partial charge is 0.494 e. The van der Waals surface area contributed by atoms with Crippen molar-refractivity contribution in [2.75, 3.05) is 12.4 Å². The number of ether oxygens (including phenoxy) is 1. The van der Waals surface area contributed by atoms with Gasteiger partial charge in [-0.05, 0) is 30.7 Å². The van der Waals surface area contributed by atoms with E-state index >= 15 is 0 Å². The molecule has 0 aliphatic rings. The first-order chi connectivity index (χ1) is 10.9. The summed E-state index contributed by atoms with van der Waals surface area (Å²) in [6.07, 6.45) is 2.71. The second-order valence-electron chi connectivity index (χ2n) is 4.68. The van der Waals surface area contributed by atoms with E-state index in [1.165, 1.54) is 0 Å². The summed E-state index contributed by atoms with van der Waals surface area (Å²) in [5.41, 5.74) is 1.08. The summed E-state index contributed by atoms with van der Waals surface area (Å²) in [6, 6.07) is 20.0. The Balaban J connectivity index is 1.48. The van der Waals surface area contributed by atoms with E-state index in [2.05, 4.69) is 10.2 Å². The first-order valence-corrected chi connectivity index (χ1v) is 8.18. The number of aromatic nitrogens is 3. The highest BCUT2D eigenvalue weighted by atomic mass is 32.2. The van der Waals surface area contributed by atoms with E-state index in [1.54, 1.807) is 18.1 Å². The van der Waals surface area contributed by atoms with Gasteiger partial charge in [0, 0.05) is 11.4 Å². The molecule has 0 unspecified atom stereocenters. The highest BCUT2D eigenvalue weighted by Crippen LogP contribution is 2.20. The van der Waals surface area contributed by atoms with E-state index in [4.69, 9.17) is 4.74 Å². The molecule has 2 aromatic carbocycles. The molecule has 1 heterocycles. The summed E-state index contributed by atoms with van der Waals surface area (Å²) >= 11 is 1.69. The van der Waals surface area contributed by atoms with Crippen LogP contribution in [-0.4, -0.2) is 27.1 Å². The van der Waals surface area contributed by atoms with E-state index in [0.717, 1.165) is 28.8 Å². The third kappa shape index (κ3) is 3.89. The normalized spacial score (nSPS) is 10.5. The Bertz CT molecular complexity index is 685. The number of benzene rings is 2. The van der Waals surface area contributed by atoms with Crippen LogP contribution >= 0.6 is 11.8 Å². The minimum atomic E-state index is 0.705. The molecule has 0 amide bonds. The molecule has 4 nitrogen and oxygen atoms in total. The van der Waals surface area contributed by atoms with Crippen LogP contribution in [0.5, 0.6) is 5.75 Å². The Hall–Kier alpha value is -2.27. The van der Waals surface area contributed by atoms with Crippen LogP contribution in [0.2, 0.25) is 0 Å². The number of nitrogens with zero attached hydrogens (tertiary/aromatic N) is 3. The Morgan fingerprint density at radius 1 is 0.955 bits per heavy atom. The van der Waals surface area contributed by atoms with Gasteiger partial charge in [-0.15, -0.1) is 10.2 Å². The Morgan fingerprint density at radius 2 is 1.68 bits per heavy atom. The summed E-state index contributed by atoms with van der Waals surface area (Å²) in [6.45, 7) is 0.705. The smallest absolute Gasteiger partial charge is 0.195 e. The molecule has 0 aliphatic heterocycles. The van der Waals surface area contributed by atoms with Gasteiger partial charge >= 0.3 is 0 Å². The molecular weight excluding hydrogens is 294 g/mol. The van der Waals surface area contributed by atoms with E-state index in [9.17, 15) is 0 Å². The fourth-order valence-corrected chi connectivity index (χ4v) is 2.86. The zero-order valence-electron chi connectivity index (χ0n) is 12.1. The molecule has 0 aliphatic carbocycles. The van der Waals surface area contributed by atoms with Crippen LogP contribution in [-0.2, 0) is 0 Å². The Kier molecular flexibility index (Phi) is 5.10. The first kappa shape index (κ1) is 14.7. The highest BCUT2D eigenvalue weighted by Gasteiger charge is 2.06. The predicted octanol–water partition coefficient (Wildman–Crippen LogP) is 3.83. The first-order valence-electron chi connectivity index (χ1n) is 7.19. The van der Waals surface area contributed by atoms with Gasteiger partial charge in [0.2, 0.25) is 0 Å². The molecule has 0 bridgehead atoms. The molecule has 0 saturated heterocycles. The third-order valence-corrected chi connectivity index (χ3v) is 4.11. The zero-order chi connectivity index (χ0) is 15.0. The standard InChI is InChI=1S/C17H17N3OS/c1-3-8-15(9-4-1)20-14-18-19-17(20)22-13-7-12-21-16-10-5-2-6-11-16/h1-6,8-11,14H,7,12-13H2. The summed E-state index contributed by atoms with van der Waals surface area (Å²) in [7, 11) is 0. The van der Waals surface area contributed by atoms with Crippen molar-refractivity contribution in [2.45, 2.75) is 11.6 Å². The molecule has 0 N–H and O–H groups in total. The molecule has 0 spiro atoms. The number of rotatable bonds is 7. The van der Waals surface area contributed by atoms with E-state index in [1.807, 2.05) is 65.2 Å². The van der Waals surface area contributed by atoms with Crippen molar-refractivity contribution in [1.82, 2.24) is 14.8 Å². The molecule has 0 saturated carbocycles. The van der Waals surface area contributed by atoms with Gasteiger partial charge in [0.15, 0.2) is 5.16 Å². The van der Waals surface area contributed by atoms with E-state index < -0.39 is 0 Å². The van der Waals surface area contributed by atoms with Crippen molar-refractivity contribution in [1.29, 1.82) is 0 Å². The van der Waals surface area contributed by atoms with Crippen molar-refractivity contribution >= 4 is 11.8 Å². The molecule has 3 rings (SSSR count). The van der Waals surface area contributed by atoms with E-state index in [0.29, 0.717) is 6.61 Å². The lowest BCUT2D eigenvalue weighted by atomic mass is 10.3. The van der Waals surface area contributed by atoms with Crippen molar-refractivity contribution in [3.05, 3.63) is 67.0 Å². The summed E-state index contributed by atoms with van der Waals surface area (Å²) in [5, 5.41) is 9.10. The molecular formula is C17H17N3OS. The van der Waals surface area contributed by atoms with Gasteiger partial charge in [0.1, 0.15) is 12.1 Å². The predicted molar refractivity (Wildman–Crippen MR) is 88.6 cm³/mol. The van der Waals surface area contributed by atoms with Crippen molar-refractivity contribution in [3.63, 3.8) is 0 Å². The number of para-hydroxylation sites is 2. The lowest BCUT2D eigenvalue weighted by Gasteiger charge is -2.07. The molecule has 112 valence electrons. The minimum Gasteiger partial charge on any atom is -0.494 e. The molecule has 0 atom stereocenters. The maximum absolute atomic E-state index is 5.68. The minimum absolute atomic E-state index is 0.705. The molecule has 0 fully saturated rings. The summed E-state index contributed by atoms with van der Waals surface area (Å²) < 4.78 is 7.69. The zero-order valence-corrected chi connectivity index (χ0v) is 12.9. The van der Waals surface area contributed by atoms with Gasteiger partial charge in [-0.3, -0.25) is 4.57 Å². The van der Waals surface area contributed by atoms with Crippen LogP contribution in [0.15, 0.2) is 72.1 Å². The van der Waals surface area contributed by atoms with Crippen LogP contribution < -0.4 is 4.74 Å². The van der Waals surface area contributed by atoms with Crippen LogP contribution in [0, 0.1) is 0 Å². The fourth-order valence-electron chi connectivity index (χ4n) is 2.02. The van der Waals surface area contributed by atoms with Gasteiger partial charge in [-0.2, -0.15) is 0 Å². The number of hydrogen-bond donors (Lipinski definition) is 0. The van der Waals surface area contributed by atoms with Crippen molar-refractivity contribution in [2.24, 2.45) is 0 Å². The SMILES string of the molecule is c1ccc(OCCCSc2nncn2-c2ccccc2)cc1. The van der Waals surface area contributed by atoms with Gasteiger partial charge in [0.05, 0.1) is 6.61 Å². The summed E-state index contributed by atoms with van der Waals surface area (Å²) in [5.74, 6) is 1.86. The summed E-state index contributed by atoms with van der Waals surface area (Å²) in [4.78, 5) is 0. The van der Waals surface area contributed by atoms with Crippen LogP contribution in [0.1, 0.15) is 6.42 Å². The fraction of sp³-hybridized carbons (Fsp3) is 0.176. The lowest BCUT2D eigenvalue weighted by molar-refractivity contribution is 0.318. The second-order valence-corrected chi connectivity index (χ2v) is 5.74. The van der Waals surface area contributed by atoms with Gasteiger partial charge in [-0.25, -0.2) is 0 Å². The maximum atomic E-state index is 5.68. The van der Waals surface area contributed by atoms with Crippen LogP contribution in [0.4, 0.5) is 0 Å². The molecule has 1 aromatic heterocycles. The average Bonchev–Trinajstić information content (AvgIpc) is 3.05.